The first kappa shape index (κ1) is 23.0. The third kappa shape index (κ3) is 7.61. The van der Waals surface area contributed by atoms with E-state index in [4.69, 9.17) is 5.14 Å². The first-order valence-corrected chi connectivity index (χ1v) is 10.5. The molecule has 3 aromatic rings. The summed E-state index contributed by atoms with van der Waals surface area (Å²) < 4.78 is 1.91. The van der Waals surface area contributed by atoms with Gasteiger partial charge >= 0.3 is 0 Å². The average molecular weight is 384 g/mol. The Labute approximate surface area is 169 Å². The fourth-order valence-electron chi connectivity index (χ4n) is 2.30. The van der Waals surface area contributed by atoms with E-state index in [1.165, 1.54) is 23.1 Å². The first-order chi connectivity index (χ1) is 13.0. The average Bonchev–Trinajstić information content (AvgIpc) is 3.21. The summed E-state index contributed by atoms with van der Waals surface area (Å²) >= 11 is 1.30. The maximum atomic E-state index is 5.44. The SMILES string of the molecule is CC.CC(C)c1cccc(SN)c1.CC(C)c1cnn(-c2ccccc2)c1. The van der Waals surface area contributed by atoms with Crippen molar-refractivity contribution in [2.75, 3.05) is 0 Å². The predicted octanol–water partition coefficient (Wildman–Crippen LogP) is 6.80. The Morgan fingerprint density at radius 2 is 1.48 bits per heavy atom. The first-order valence-electron chi connectivity index (χ1n) is 9.58. The molecule has 0 atom stereocenters. The highest BCUT2D eigenvalue weighted by Crippen LogP contribution is 2.19. The van der Waals surface area contributed by atoms with E-state index < -0.39 is 0 Å². The van der Waals surface area contributed by atoms with Crippen molar-refractivity contribution in [3.63, 3.8) is 0 Å². The lowest BCUT2D eigenvalue weighted by Crippen LogP contribution is -1.92. The van der Waals surface area contributed by atoms with Crippen molar-refractivity contribution < 1.29 is 0 Å². The van der Waals surface area contributed by atoms with E-state index in [0.717, 1.165) is 10.6 Å². The molecule has 0 aliphatic rings. The second-order valence-corrected chi connectivity index (χ2v) is 7.26. The zero-order chi connectivity index (χ0) is 20.2. The van der Waals surface area contributed by atoms with Crippen molar-refractivity contribution in [1.82, 2.24) is 9.78 Å². The van der Waals surface area contributed by atoms with Crippen molar-refractivity contribution in [3.05, 3.63) is 78.1 Å². The van der Waals surface area contributed by atoms with E-state index in [1.54, 1.807) is 0 Å². The molecule has 0 radical (unpaired) electrons. The van der Waals surface area contributed by atoms with Gasteiger partial charge < -0.3 is 0 Å². The van der Waals surface area contributed by atoms with Gasteiger partial charge in [0.05, 0.1) is 11.9 Å². The quantitative estimate of drug-likeness (QED) is 0.504. The molecule has 0 amide bonds. The van der Waals surface area contributed by atoms with Crippen LogP contribution in [0.1, 0.15) is 64.5 Å². The molecule has 0 aliphatic carbocycles. The maximum absolute atomic E-state index is 5.44. The molecule has 0 saturated heterocycles. The number of para-hydroxylation sites is 1. The number of hydrogen-bond acceptors (Lipinski definition) is 3. The van der Waals surface area contributed by atoms with Crippen LogP contribution in [-0.4, -0.2) is 9.78 Å². The van der Waals surface area contributed by atoms with E-state index in [0.29, 0.717) is 11.8 Å². The Morgan fingerprint density at radius 3 is 2.00 bits per heavy atom. The van der Waals surface area contributed by atoms with Gasteiger partial charge in [0.15, 0.2) is 0 Å². The van der Waals surface area contributed by atoms with E-state index in [2.05, 4.69) is 63.3 Å². The molecule has 0 spiro atoms. The molecule has 1 aromatic heterocycles. The monoisotopic (exact) mass is 383 g/mol. The molecular formula is C23H33N3S. The number of hydrogen-bond donors (Lipinski definition) is 1. The molecule has 0 bridgehead atoms. The Morgan fingerprint density at radius 1 is 0.852 bits per heavy atom. The lowest BCUT2D eigenvalue weighted by Gasteiger charge is -2.05. The van der Waals surface area contributed by atoms with Gasteiger partial charge in [0.25, 0.3) is 0 Å². The van der Waals surface area contributed by atoms with Gasteiger partial charge in [-0.1, -0.05) is 71.9 Å². The summed E-state index contributed by atoms with van der Waals surface area (Å²) in [4.78, 5) is 1.14. The minimum absolute atomic E-state index is 0.535. The van der Waals surface area contributed by atoms with Crippen LogP contribution < -0.4 is 5.14 Å². The molecule has 27 heavy (non-hydrogen) atoms. The van der Waals surface area contributed by atoms with Crippen molar-refractivity contribution in [2.45, 2.75) is 58.3 Å². The summed E-state index contributed by atoms with van der Waals surface area (Å²) in [5.41, 5.74) is 3.73. The van der Waals surface area contributed by atoms with E-state index in [-0.39, 0.29) is 0 Å². The van der Waals surface area contributed by atoms with Gasteiger partial charge in [0, 0.05) is 11.1 Å². The van der Waals surface area contributed by atoms with Crippen LogP contribution in [0.4, 0.5) is 0 Å². The lowest BCUT2D eigenvalue weighted by molar-refractivity contribution is 0.858. The summed E-state index contributed by atoms with van der Waals surface area (Å²) in [6, 6.07) is 18.5. The zero-order valence-corrected chi connectivity index (χ0v) is 18.2. The van der Waals surface area contributed by atoms with E-state index >= 15 is 0 Å². The van der Waals surface area contributed by atoms with Crippen molar-refractivity contribution >= 4 is 11.9 Å². The topological polar surface area (TPSA) is 43.8 Å². The summed E-state index contributed by atoms with van der Waals surface area (Å²) in [6.45, 7) is 12.7. The molecular weight excluding hydrogens is 350 g/mol. The number of benzene rings is 2. The molecule has 0 saturated carbocycles. The molecule has 4 heteroatoms. The highest BCUT2D eigenvalue weighted by Gasteiger charge is 2.03. The smallest absolute Gasteiger partial charge is 0.0645 e. The standard InChI is InChI=1S/C12H14N2.C9H13NS.C2H6/c1-10(2)11-8-13-14(9-11)12-6-4-3-5-7-12;1-7(2)8-4-3-5-9(6-8)11-10;1-2/h3-10H,1-2H3;3-7H,10H2,1-2H3;1-2H3. The Kier molecular flexibility index (Phi) is 10.5. The normalized spacial score (nSPS) is 10.1. The minimum Gasteiger partial charge on any atom is -0.274 e. The van der Waals surface area contributed by atoms with Crippen LogP contribution in [0.25, 0.3) is 5.69 Å². The number of nitrogens with zero attached hydrogens (tertiary/aromatic N) is 2. The van der Waals surface area contributed by atoms with Gasteiger partial charge in [-0.3, -0.25) is 5.14 Å². The number of aromatic nitrogens is 2. The largest absolute Gasteiger partial charge is 0.274 e. The molecule has 3 rings (SSSR count). The molecule has 146 valence electrons. The summed E-state index contributed by atoms with van der Waals surface area (Å²) in [5, 5.41) is 9.76. The van der Waals surface area contributed by atoms with Crippen LogP contribution in [0.15, 0.2) is 71.9 Å². The summed E-state index contributed by atoms with van der Waals surface area (Å²) in [5.74, 6) is 1.12. The van der Waals surface area contributed by atoms with Gasteiger partial charge in [-0.25, -0.2) is 4.68 Å². The van der Waals surface area contributed by atoms with Crippen LogP contribution in [-0.2, 0) is 0 Å². The molecule has 2 N–H and O–H groups in total. The Balaban J connectivity index is 0.000000254. The van der Waals surface area contributed by atoms with Gasteiger partial charge in [-0.05, 0) is 59.2 Å². The van der Waals surface area contributed by atoms with Gasteiger partial charge in [0.1, 0.15) is 0 Å². The van der Waals surface area contributed by atoms with Crippen LogP contribution >= 0.6 is 11.9 Å². The van der Waals surface area contributed by atoms with E-state index in [1.807, 2.05) is 55.1 Å². The minimum atomic E-state index is 0.535. The Bertz CT molecular complexity index is 764. The highest BCUT2D eigenvalue weighted by molar-refractivity contribution is 7.97. The molecule has 0 unspecified atom stereocenters. The third-order valence-electron chi connectivity index (χ3n) is 3.95. The molecule has 0 fully saturated rings. The molecule has 3 nitrogen and oxygen atoms in total. The fourth-order valence-corrected chi connectivity index (χ4v) is 2.67. The van der Waals surface area contributed by atoms with Gasteiger partial charge in [0.2, 0.25) is 0 Å². The van der Waals surface area contributed by atoms with Crippen LogP contribution in [0, 0.1) is 0 Å². The third-order valence-corrected chi connectivity index (χ3v) is 4.48. The predicted molar refractivity (Wildman–Crippen MR) is 120 cm³/mol. The maximum Gasteiger partial charge on any atom is 0.0645 e. The second kappa shape index (κ2) is 12.4. The van der Waals surface area contributed by atoms with Crippen molar-refractivity contribution in [3.8, 4) is 5.69 Å². The highest BCUT2D eigenvalue weighted by atomic mass is 32.2. The zero-order valence-electron chi connectivity index (χ0n) is 17.4. The molecule has 2 aromatic carbocycles. The summed E-state index contributed by atoms with van der Waals surface area (Å²) in [7, 11) is 0. The van der Waals surface area contributed by atoms with Gasteiger partial charge in [-0.2, -0.15) is 5.10 Å². The van der Waals surface area contributed by atoms with Gasteiger partial charge in [-0.15, -0.1) is 0 Å². The lowest BCUT2D eigenvalue weighted by atomic mass is 10.0. The molecule has 0 aliphatic heterocycles. The number of rotatable bonds is 4. The van der Waals surface area contributed by atoms with Crippen molar-refractivity contribution in [1.29, 1.82) is 0 Å². The fraction of sp³-hybridized carbons (Fsp3) is 0.348. The van der Waals surface area contributed by atoms with Crippen LogP contribution in [0.5, 0.6) is 0 Å². The Hall–Kier alpha value is -2.04. The van der Waals surface area contributed by atoms with Crippen LogP contribution in [0.2, 0.25) is 0 Å². The second-order valence-electron chi connectivity index (χ2n) is 6.55. The number of nitrogens with two attached hydrogens (primary N) is 1. The molecule has 1 heterocycles. The summed E-state index contributed by atoms with van der Waals surface area (Å²) in [6.07, 6.45) is 4.01. The van der Waals surface area contributed by atoms with Crippen molar-refractivity contribution in [2.24, 2.45) is 5.14 Å². The van der Waals surface area contributed by atoms with E-state index in [9.17, 15) is 0 Å². The van der Waals surface area contributed by atoms with Crippen LogP contribution in [0.3, 0.4) is 0 Å².